The van der Waals surface area contributed by atoms with E-state index in [2.05, 4.69) is 121 Å². The Morgan fingerprint density at radius 3 is 2.12 bits per heavy atom. The Labute approximate surface area is 282 Å². The smallest absolute Gasteiger partial charge is 0.246 e. The summed E-state index contributed by atoms with van der Waals surface area (Å²) in [5.41, 5.74) is 10.5. The molecule has 10 rings (SSSR count). The molecule has 1 aliphatic rings. The highest BCUT2D eigenvalue weighted by Crippen LogP contribution is 2.43. The van der Waals surface area contributed by atoms with Gasteiger partial charge in [-0.15, -0.1) is 11.3 Å². The lowest BCUT2D eigenvalue weighted by Gasteiger charge is -2.23. The van der Waals surface area contributed by atoms with Crippen molar-refractivity contribution in [1.29, 1.82) is 0 Å². The first kappa shape index (κ1) is 27.8. The van der Waals surface area contributed by atoms with Crippen LogP contribution in [-0.2, 0) is 0 Å². The second-order valence-electron chi connectivity index (χ2n) is 13.2. The van der Waals surface area contributed by atoms with Crippen molar-refractivity contribution in [3.05, 3.63) is 133 Å². The fraction of sp³-hybridized carbons (Fsp3) is 0.136. The van der Waals surface area contributed by atoms with Gasteiger partial charge in [-0.25, -0.2) is 9.97 Å². The van der Waals surface area contributed by atoms with E-state index in [9.17, 15) is 0 Å². The molecule has 3 nitrogen and oxygen atoms in total. The molecule has 1 aliphatic carbocycles. The number of benzene rings is 6. The van der Waals surface area contributed by atoms with Gasteiger partial charge in [-0.05, 0) is 76.2 Å². The molecule has 48 heavy (non-hydrogen) atoms. The molecule has 9 aromatic rings. The lowest BCUT2D eigenvalue weighted by Crippen LogP contribution is -2.05. The number of nitrogens with zero attached hydrogens (tertiary/aromatic N) is 2. The summed E-state index contributed by atoms with van der Waals surface area (Å²) in [6.45, 7) is 0. The zero-order valence-electron chi connectivity index (χ0n) is 26.4. The van der Waals surface area contributed by atoms with Crippen molar-refractivity contribution < 1.29 is 4.42 Å². The van der Waals surface area contributed by atoms with E-state index in [0.29, 0.717) is 11.6 Å². The van der Waals surface area contributed by atoms with Gasteiger partial charge < -0.3 is 4.42 Å². The normalized spacial score (nSPS) is 14.2. The van der Waals surface area contributed by atoms with Gasteiger partial charge in [0.15, 0.2) is 0 Å². The summed E-state index contributed by atoms with van der Waals surface area (Å²) in [7, 11) is 0. The van der Waals surface area contributed by atoms with Crippen molar-refractivity contribution >= 4 is 64.5 Å². The number of hydrogen-bond acceptors (Lipinski definition) is 4. The lowest BCUT2D eigenvalue weighted by atomic mass is 9.81. The monoisotopic (exact) mass is 636 g/mol. The molecule has 0 N–H and O–H groups in total. The highest BCUT2D eigenvalue weighted by Gasteiger charge is 2.22. The molecule has 1 saturated carbocycles. The predicted octanol–water partition coefficient (Wildman–Crippen LogP) is 12.9. The largest absolute Gasteiger partial charge is 0.436 e. The van der Waals surface area contributed by atoms with Crippen LogP contribution in [0.15, 0.2) is 132 Å². The Hall–Kier alpha value is -5.32. The third-order valence-electron chi connectivity index (χ3n) is 10.3. The Morgan fingerprint density at radius 2 is 1.27 bits per heavy atom. The molecular formula is C44H32N2OS. The molecule has 0 aliphatic heterocycles. The Balaban J connectivity index is 1.07. The summed E-state index contributed by atoms with van der Waals surface area (Å²) in [5, 5.41) is 6.17. The second kappa shape index (κ2) is 11.1. The van der Waals surface area contributed by atoms with Crippen LogP contribution in [0.5, 0.6) is 0 Å². The first-order valence-corrected chi connectivity index (χ1v) is 17.8. The first-order valence-electron chi connectivity index (χ1n) is 17.0. The molecule has 4 heteroatoms. The maximum atomic E-state index is 6.42. The van der Waals surface area contributed by atoms with E-state index < -0.39 is 0 Å². The van der Waals surface area contributed by atoms with Crippen LogP contribution in [0, 0.1) is 0 Å². The quantitative estimate of drug-likeness (QED) is 0.193. The minimum atomic E-state index is 0.576. The van der Waals surface area contributed by atoms with Crippen LogP contribution < -0.4 is 0 Å². The van der Waals surface area contributed by atoms with Gasteiger partial charge in [-0.2, -0.15) is 0 Å². The zero-order chi connectivity index (χ0) is 31.6. The minimum Gasteiger partial charge on any atom is -0.436 e. The van der Waals surface area contributed by atoms with Crippen LogP contribution in [0.1, 0.15) is 43.6 Å². The highest BCUT2D eigenvalue weighted by molar-refractivity contribution is 7.26. The van der Waals surface area contributed by atoms with E-state index in [4.69, 9.17) is 14.4 Å². The molecule has 0 unspecified atom stereocenters. The fourth-order valence-corrected chi connectivity index (χ4v) is 9.22. The lowest BCUT2D eigenvalue weighted by molar-refractivity contribution is 0.446. The van der Waals surface area contributed by atoms with Crippen molar-refractivity contribution in [1.82, 2.24) is 9.97 Å². The summed E-state index contributed by atoms with van der Waals surface area (Å²) in [6, 6.07) is 44.0. The average molecular weight is 637 g/mol. The van der Waals surface area contributed by atoms with E-state index >= 15 is 0 Å². The third kappa shape index (κ3) is 4.47. The molecule has 0 saturated heterocycles. The van der Waals surface area contributed by atoms with Crippen LogP contribution >= 0.6 is 11.3 Å². The summed E-state index contributed by atoms with van der Waals surface area (Å²) in [4.78, 5) is 10.0. The molecule has 3 heterocycles. The van der Waals surface area contributed by atoms with Crippen LogP contribution in [0.4, 0.5) is 0 Å². The summed E-state index contributed by atoms with van der Waals surface area (Å²) in [5.74, 6) is 0.576. The predicted molar refractivity (Wildman–Crippen MR) is 202 cm³/mol. The van der Waals surface area contributed by atoms with Crippen molar-refractivity contribution in [3.63, 3.8) is 0 Å². The number of thiophene rings is 1. The highest BCUT2D eigenvalue weighted by atomic mass is 32.1. The third-order valence-corrected chi connectivity index (χ3v) is 11.6. The van der Waals surface area contributed by atoms with Crippen LogP contribution in [0.2, 0.25) is 0 Å². The topological polar surface area (TPSA) is 38.9 Å². The van der Waals surface area contributed by atoms with Gasteiger partial charge in [-0.1, -0.05) is 116 Å². The van der Waals surface area contributed by atoms with Gasteiger partial charge in [0, 0.05) is 36.5 Å². The molecule has 0 atom stereocenters. The maximum absolute atomic E-state index is 6.42. The van der Waals surface area contributed by atoms with Crippen molar-refractivity contribution in [3.8, 4) is 33.5 Å². The summed E-state index contributed by atoms with van der Waals surface area (Å²) >= 11 is 1.87. The molecule has 1 fully saturated rings. The van der Waals surface area contributed by atoms with Gasteiger partial charge in [0.1, 0.15) is 11.1 Å². The van der Waals surface area contributed by atoms with Crippen molar-refractivity contribution in [2.24, 2.45) is 0 Å². The SMILES string of the molecule is c1cc(-c2cccc(-c3cccc4c3sc3ccccc34)c2)cc(-c2cnc3oc4c5ccccc5c(C5CCCCC5)cc4c3n2)c1. The van der Waals surface area contributed by atoms with Crippen LogP contribution in [0.25, 0.3) is 86.7 Å². The molecule has 3 aromatic heterocycles. The molecule has 0 radical (unpaired) electrons. The Kier molecular flexibility index (Phi) is 6.44. The van der Waals surface area contributed by atoms with Crippen LogP contribution in [-0.4, -0.2) is 9.97 Å². The standard InChI is InChI=1S/C44H32N2OS/c1-2-11-27(12-3-1)37-25-38-41-44(47-42(38)35-19-5-4-17-33(35)37)45-26-39(46-41)31-16-9-14-29(24-31)28-13-8-15-30(23-28)32-20-10-21-36-34-18-6-7-22-40(34)48-43(32)36/h4-10,13-27H,1-3,11-12H2. The zero-order valence-corrected chi connectivity index (χ0v) is 27.3. The van der Waals surface area contributed by atoms with Crippen molar-refractivity contribution in [2.75, 3.05) is 0 Å². The van der Waals surface area contributed by atoms with Gasteiger partial charge in [0.25, 0.3) is 0 Å². The molecule has 6 aromatic carbocycles. The van der Waals surface area contributed by atoms with E-state index in [1.807, 2.05) is 17.5 Å². The molecule has 0 bridgehead atoms. The second-order valence-corrected chi connectivity index (χ2v) is 14.2. The van der Waals surface area contributed by atoms with Gasteiger partial charge in [0.2, 0.25) is 5.71 Å². The molecular weight excluding hydrogens is 605 g/mol. The summed E-state index contributed by atoms with van der Waals surface area (Å²) in [6.07, 6.45) is 8.28. The Morgan fingerprint density at radius 1 is 0.583 bits per heavy atom. The number of rotatable bonds is 4. The van der Waals surface area contributed by atoms with Gasteiger partial charge in [-0.3, -0.25) is 0 Å². The Bertz CT molecular complexity index is 2680. The van der Waals surface area contributed by atoms with E-state index in [-0.39, 0.29) is 0 Å². The van der Waals surface area contributed by atoms with E-state index in [1.165, 1.54) is 79.9 Å². The number of fused-ring (bicyclic) bond motifs is 8. The van der Waals surface area contributed by atoms with E-state index in [1.54, 1.807) is 0 Å². The minimum absolute atomic E-state index is 0.576. The maximum Gasteiger partial charge on any atom is 0.246 e. The average Bonchev–Trinajstić information content (AvgIpc) is 3.73. The fourth-order valence-electron chi connectivity index (χ4n) is 7.98. The number of aromatic nitrogens is 2. The number of hydrogen-bond donors (Lipinski definition) is 0. The van der Waals surface area contributed by atoms with Gasteiger partial charge >= 0.3 is 0 Å². The molecule has 0 spiro atoms. The molecule has 230 valence electrons. The van der Waals surface area contributed by atoms with Crippen molar-refractivity contribution in [2.45, 2.75) is 38.0 Å². The van der Waals surface area contributed by atoms with Crippen LogP contribution in [0.3, 0.4) is 0 Å². The molecule has 0 amide bonds. The summed E-state index contributed by atoms with van der Waals surface area (Å²) < 4.78 is 9.08. The first-order chi connectivity index (χ1) is 23.8. The number of furan rings is 1. The van der Waals surface area contributed by atoms with Gasteiger partial charge in [0.05, 0.1) is 11.9 Å². The van der Waals surface area contributed by atoms with E-state index in [0.717, 1.165) is 38.7 Å².